The van der Waals surface area contributed by atoms with Gasteiger partial charge < -0.3 is 10.2 Å². The molecule has 1 aromatic rings. The highest BCUT2D eigenvalue weighted by Gasteiger charge is 2.08. The summed E-state index contributed by atoms with van der Waals surface area (Å²) in [5.74, 6) is 0.390. The van der Waals surface area contributed by atoms with Crippen LogP contribution in [0.4, 0.5) is 0 Å². The van der Waals surface area contributed by atoms with Gasteiger partial charge in [0.05, 0.1) is 0 Å². The summed E-state index contributed by atoms with van der Waals surface area (Å²) < 4.78 is 0. The van der Waals surface area contributed by atoms with E-state index in [0.29, 0.717) is 0 Å². The lowest BCUT2D eigenvalue weighted by atomic mass is 9.98. The molecule has 0 radical (unpaired) electrons. The van der Waals surface area contributed by atoms with Crippen LogP contribution in [0.25, 0.3) is 0 Å². The minimum Gasteiger partial charge on any atom is -0.508 e. The minimum atomic E-state index is 0.158. The molecule has 14 heavy (non-hydrogen) atoms. The van der Waals surface area contributed by atoms with Gasteiger partial charge in [0.1, 0.15) is 11.5 Å². The molecule has 2 heteroatoms. The first-order valence-corrected chi connectivity index (χ1v) is 5.22. The second-order valence-electron chi connectivity index (χ2n) is 3.60. The first-order valence-electron chi connectivity index (χ1n) is 5.22. The summed E-state index contributed by atoms with van der Waals surface area (Å²) >= 11 is 0. The third-order valence-corrected chi connectivity index (χ3v) is 2.32. The second kappa shape index (κ2) is 4.89. The Morgan fingerprint density at radius 2 is 1.64 bits per heavy atom. The Bertz CT molecular complexity index is 305. The van der Waals surface area contributed by atoms with Crippen LogP contribution in [0.15, 0.2) is 12.1 Å². The lowest BCUT2D eigenvalue weighted by molar-refractivity contribution is 0.444. The van der Waals surface area contributed by atoms with Gasteiger partial charge in [-0.1, -0.05) is 26.7 Å². The average molecular weight is 194 g/mol. The Morgan fingerprint density at radius 1 is 1.00 bits per heavy atom. The molecule has 0 atom stereocenters. The van der Waals surface area contributed by atoms with Gasteiger partial charge in [0.15, 0.2) is 0 Å². The van der Waals surface area contributed by atoms with E-state index in [-0.39, 0.29) is 11.5 Å². The van der Waals surface area contributed by atoms with Crippen molar-refractivity contribution in [3.05, 3.63) is 23.3 Å². The largest absolute Gasteiger partial charge is 0.508 e. The molecule has 78 valence electrons. The lowest BCUT2D eigenvalue weighted by Gasteiger charge is -2.10. The van der Waals surface area contributed by atoms with Crippen molar-refractivity contribution in [1.82, 2.24) is 0 Å². The number of aryl methyl sites for hydroxylation is 1. The maximum Gasteiger partial charge on any atom is 0.122 e. The fraction of sp³-hybridized carbons (Fsp3) is 0.500. The Morgan fingerprint density at radius 3 is 2.21 bits per heavy atom. The van der Waals surface area contributed by atoms with Gasteiger partial charge in [-0.05, 0) is 30.0 Å². The molecule has 0 fully saturated rings. The molecule has 1 rings (SSSR count). The quantitative estimate of drug-likeness (QED) is 0.773. The number of hydrogen-bond donors (Lipinski definition) is 2. The van der Waals surface area contributed by atoms with Crippen molar-refractivity contribution in [3.63, 3.8) is 0 Å². The van der Waals surface area contributed by atoms with Crippen molar-refractivity contribution < 1.29 is 10.2 Å². The van der Waals surface area contributed by atoms with Gasteiger partial charge in [-0.2, -0.15) is 0 Å². The van der Waals surface area contributed by atoms with Gasteiger partial charge in [0.25, 0.3) is 0 Å². The van der Waals surface area contributed by atoms with Crippen LogP contribution in [0, 0.1) is 0 Å². The van der Waals surface area contributed by atoms with Crippen LogP contribution in [0.5, 0.6) is 11.5 Å². The molecule has 2 N–H and O–H groups in total. The van der Waals surface area contributed by atoms with Gasteiger partial charge >= 0.3 is 0 Å². The maximum atomic E-state index is 9.67. The molecule has 0 saturated carbocycles. The topological polar surface area (TPSA) is 40.5 Å². The summed E-state index contributed by atoms with van der Waals surface area (Å²) in [7, 11) is 0. The van der Waals surface area contributed by atoms with E-state index in [1.165, 1.54) is 6.07 Å². The zero-order chi connectivity index (χ0) is 10.6. The van der Waals surface area contributed by atoms with E-state index in [2.05, 4.69) is 13.8 Å². The molecule has 0 aliphatic rings. The Labute approximate surface area is 85.2 Å². The van der Waals surface area contributed by atoms with Crippen molar-refractivity contribution in [3.8, 4) is 11.5 Å². The number of phenols is 2. The van der Waals surface area contributed by atoms with E-state index >= 15 is 0 Å². The van der Waals surface area contributed by atoms with E-state index in [9.17, 15) is 10.2 Å². The molecule has 0 heterocycles. The third kappa shape index (κ3) is 2.41. The van der Waals surface area contributed by atoms with Crippen LogP contribution in [-0.4, -0.2) is 10.2 Å². The molecule has 0 aromatic heterocycles. The molecule has 0 bridgehead atoms. The monoisotopic (exact) mass is 194 g/mol. The van der Waals surface area contributed by atoms with Crippen LogP contribution in [0.3, 0.4) is 0 Å². The van der Waals surface area contributed by atoms with E-state index in [0.717, 1.165) is 36.8 Å². The standard InChI is InChI=1S/C12H18O2/c1-3-5-9-7-10(13)8-12(14)11(9)6-4-2/h7-8,13-14H,3-6H2,1-2H3. The Hall–Kier alpha value is -1.18. The second-order valence-corrected chi connectivity index (χ2v) is 3.60. The summed E-state index contributed by atoms with van der Waals surface area (Å²) in [5, 5.41) is 19.0. The van der Waals surface area contributed by atoms with Crippen LogP contribution in [0.1, 0.15) is 37.8 Å². The molecule has 2 nitrogen and oxygen atoms in total. The van der Waals surface area contributed by atoms with E-state index in [1.807, 2.05) is 0 Å². The molecule has 0 unspecified atom stereocenters. The molecular weight excluding hydrogens is 176 g/mol. The van der Waals surface area contributed by atoms with Crippen molar-refractivity contribution >= 4 is 0 Å². The van der Waals surface area contributed by atoms with Crippen LogP contribution >= 0.6 is 0 Å². The van der Waals surface area contributed by atoms with E-state index in [4.69, 9.17) is 0 Å². The summed E-state index contributed by atoms with van der Waals surface area (Å²) in [4.78, 5) is 0. The molecule has 0 aliphatic carbocycles. The molecule has 0 spiro atoms. The summed E-state index contributed by atoms with van der Waals surface area (Å²) in [6.45, 7) is 4.18. The van der Waals surface area contributed by atoms with Crippen molar-refractivity contribution in [2.75, 3.05) is 0 Å². The maximum absolute atomic E-state index is 9.67. The highest BCUT2D eigenvalue weighted by molar-refractivity contribution is 5.45. The molecular formula is C12H18O2. The fourth-order valence-electron chi connectivity index (χ4n) is 1.73. The molecule has 1 aromatic carbocycles. The number of aromatic hydroxyl groups is 2. The first-order chi connectivity index (χ1) is 6.69. The van der Waals surface area contributed by atoms with Crippen LogP contribution in [0.2, 0.25) is 0 Å². The smallest absolute Gasteiger partial charge is 0.122 e. The van der Waals surface area contributed by atoms with E-state index in [1.54, 1.807) is 6.07 Å². The summed E-state index contributed by atoms with van der Waals surface area (Å²) in [5.41, 5.74) is 2.07. The Balaban J connectivity index is 3.07. The highest BCUT2D eigenvalue weighted by atomic mass is 16.3. The summed E-state index contributed by atoms with van der Waals surface area (Å²) in [6.07, 6.45) is 3.83. The fourth-order valence-corrected chi connectivity index (χ4v) is 1.73. The lowest BCUT2D eigenvalue weighted by Crippen LogP contribution is -1.94. The van der Waals surface area contributed by atoms with Crippen LogP contribution < -0.4 is 0 Å². The molecule has 0 saturated heterocycles. The number of rotatable bonds is 4. The zero-order valence-electron chi connectivity index (χ0n) is 8.88. The minimum absolute atomic E-state index is 0.158. The predicted octanol–water partition coefficient (Wildman–Crippen LogP) is 3.00. The van der Waals surface area contributed by atoms with Gasteiger partial charge in [-0.15, -0.1) is 0 Å². The van der Waals surface area contributed by atoms with E-state index < -0.39 is 0 Å². The number of benzene rings is 1. The molecule has 0 aliphatic heterocycles. The van der Waals surface area contributed by atoms with Gasteiger partial charge in [0, 0.05) is 6.07 Å². The SMILES string of the molecule is CCCc1cc(O)cc(O)c1CCC. The van der Waals surface area contributed by atoms with Crippen molar-refractivity contribution in [1.29, 1.82) is 0 Å². The zero-order valence-corrected chi connectivity index (χ0v) is 8.88. The highest BCUT2D eigenvalue weighted by Crippen LogP contribution is 2.29. The summed E-state index contributed by atoms with van der Waals surface area (Å²) in [6, 6.07) is 3.18. The third-order valence-electron chi connectivity index (χ3n) is 2.32. The number of phenolic OH excluding ortho intramolecular Hbond substituents is 2. The van der Waals surface area contributed by atoms with Gasteiger partial charge in [0.2, 0.25) is 0 Å². The first kappa shape index (κ1) is 10.9. The van der Waals surface area contributed by atoms with Gasteiger partial charge in [-0.3, -0.25) is 0 Å². The normalized spacial score (nSPS) is 10.4. The number of hydrogen-bond acceptors (Lipinski definition) is 2. The van der Waals surface area contributed by atoms with Crippen LogP contribution in [-0.2, 0) is 12.8 Å². The average Bonchev–Trinajstić information content (AvgIpc) is 2.11. The molecule has 0 amide bonds. The van der Waals surface area contributed by atoms with Crippen molar-refractivity contribution in [2.24, 2.45) is 0 Å². The Kier molecular flexibility index (Phi) is 3.81. The van der Waals surface area contributed by atoms with Gasteiger partial charge in [-0.25, -0.2) is 0 Å². The van der Waals surface area contributed by atoms with Crippen molar-refractivity contribution in [2.45, 2.75) is 39.5 Å². The predicted molar refractivity (Wildman–Crippen MR) is 57.8 cm³/mol.